The molecular formula is C23H22BrN3O4S. The molecule has 9 heteroatoms. The summed E-state index contributed by atoms with van der Waals surface area (Å²) in [4.78, 5) is 12.6. The van der Waals surface area contributed by atoms with E-state index in [1.54, 1.807) is 61.7 Å². The molecule has 1 N–H and O–H groups in total. The van der Waals surface area contributed by atoms with Gasteiger partial charge in [-0.3, -0.25) is 4.79 Å². The molecule has 0 aliphatic heterocycles. The first-order chi connectivity index (χ1) is 15.4. The topological polar surface area (TPSA) is 88.1 Å². The van der Waals surface area contributed by atoms with Crippen molar-refractivity contribution >= 4 is 38.1 Å². The van der Waals surface area contributed by atoms with Gasteiger partial charge in [0.25, 0.3) is 5.91 Å². The van der Waals surface area contributed by atoms with Crippen molar-refractivity contribution in [2.75, 3.05) is 13.7 Å². The number of carbonyl (C=O) groups is 1. The Balaban J connectivity index is 1.74. The lowest BCUT2D eigenvalue weighted by atomic mass is 10.2. The van der Waals surface area contributed by atoms with Gasteiger partial charge in [0.15, 0.2) is 0 Å². The summed E-state index contributed by atoms with van der Waals surface area (Å²) in [5.41, 5.74) is 3.91. The Morgan fingerprint density at radius 1 is 1.03 bits per heavy atom. The maximum atomic E-state index is 13.2. The van der Waals surface area contributed by atoms with Crippen molar-refractivity contribution in [3.63, 3.8) is 0 Å². The van der Waals surface area contributed by atoms with Gasteiger partial charge in [-0.15, -0.1) is 0 Å². The molecule has 1 amide bonds. The van der Waals surface area contributed by atoms with E-state index in [1.165, 1.54) is 18.3 Å². The lowest BCUT2D eigenvalue weighted by Crippen LogP contribution is -2.39. The minimum absolute atomic E-state index is 0.0418. The van der Waals surface area contributed by atoms with Crippen LogP contribution >= 0.6 is 15.9 Å². The van der Waals surface area contributed by atoms with Crippen LogP contribution in [0.1, 0.15) is 11.1 Å². The normalized spacial score (nSPS) is 11.6. The molecule has 0 bridgehead atoms. The standard InChI is InChI=1S/C23H22BrN3O4S/c1-31-21-13-9-18(10-14-21)15-25-26-23(28)17-27(16-19-7-11-20(24)12-8-19)32(29,30)22-5-3-2-4-6-22/h2-15H,16-17H2,1H3,(H,26,28)/b25-15-. The first-order valence-corrected chi connectivity index (χ1v) is 11.9. The molecule has 7 nitrogen and oxygen atoms in total. The smallest absolute Gasteiger partial charge is 0.255 e. The van der Waals surface area contributed by atoms with Gasteiger partial charge in [-0.2, -0.15) is 9.41 Å². The Morgan fingerprint density at radius 3 is 2.31 bits per heavy atom. The van der Waals surface area contributed by atoms with E-state index in [2.05, 4.69) is 26.5 Å². The number of amides is 1. The largest absolute Gasteiger partial charge is 0.497 e. The van der Waals surface area contributed by atoms with Crippen LogP contribution in [-0.2, 0) is 21.4 Å². The van der Waals surface area contributed by atoms with Crippen molar-refractivity contribution in [2.24, 2.45) is 5.10 Å². The van der Waals surface area contributed by atoms with Crippen LogP contribution in [0.3, 0.4) is 0 Å². The highest BCUT2D eigenvalue weighted by Crippen LogP contribution is 2.19. The predicted octanol–water partition coefficient (Wildman–Crippen LogP) is 3.80. The summed E-state index contributed by atoms with van der Waals surface area (Å²) in [6, 6.07) is 22.4. The number of carbonyl (C=O) groups excluding carboxylic acids is 1. The van der Waals surface area contributed by atoms with Crippen LogP contribution in [0.15, 0.2) is 93.3 Å². The van der Waals surface area contributed by atoms with Crippen LogP contribution < -0.4 is 10.2 Å². The Labute approximate surface area is 195 Å². The number of rotatable bonds is 9. The number of hydrogen-bond acceptors (Lipinski definition) is 5. The first kappa shape index (κ1) is 23.6. The summed E-state index contributed by atoms with van der Waals surface area (Å²) < 4.78 is 33.5. The highest BCUT2D eigenvalue weighted by atomic mass is 79.9. The van der Waals surface area contributed by atoms with Crippen molar-refractivity contribution in [1.82, 2.24) is 9.73 Å². The van der Waals surface area contributed by atoms with Gasteiger partial charge >= 0.3 is 0 Å². The molecular weight excluding hydrogens is 494 g/mol. The average molecular weight is 516 g/mol. The molecule has 0 saturated carbocycles. The fraction of sp³-hybridized carbons (Fsp3) is 0.130. The highest BCUT2D eigenvalue weighted by molar-refractivity contribution is 9.10. The number of ether oxygens (including phenoxy) is 1. The summed E-state index contributed by atoms with van der Waals surface area (Å²) >= 11 is 3.37. The SMILES string of the molecule is COc1ccc(/C=N\NC(=O)CN(Cc2ccc(Br)cc2)S(=O)(=O)c2ccccc2)cc1. The van der Waals surface area contributed by atoms with Crippen molar-refractivity contribution in [3.8, 4) is 5.75 Å². The number of hydrazone groups is 1. The van der Waals surface area contributed by atoms with Gasteiger partial charge in [0.1, 0.15) is 5.75 Å². The minimum atomic E-state index is -3.89. The number of benzene rings is 3. The van der Waals surface area contributed by atoms with Gasteiger partial charge in [0, 0.05) is 11.0 Å². The van der Waals surface area contributed by atoms with Crippen LogP contribution in [0, 0.1) is 0 Å². The Morgan fingerprint density at radius 2 is 1.69 bits per heavy atom. The molecule has 0 spiro atoms. The molecule has 0 atom stereocenters. The number of methoxy groups -OCH3 is 1. The zero-order chi connectivity index (χ0) is 23.0. The van der Waals surface area contributed by atoms with Crippen LogP contribution in [0.2, 0.25) is 0 Å². The van der Waals surface area contributed by atoms with Gasteiger partial charge < -0.3 is 4.74 Å². The Bertz CT molecular complexity index is 1170. The molecule has 3 aromatic rings. The Hall–Kier alpha value is -3.01. The average Bonchev–Trinajstić information content (AvgIpc) is 2.81. The van der Waals surface area contributed by atoms with Crippen LogP contribution in [0.25, 0.3) is 0 Å². The monoisotopic (exact) mass is 515 g/mol. The summed E-state index contributed by atoms with van der Waals surface area (Å²) in [5, 5.41) is 3.93. The third kappa shape index (κ3) is 6.49. The first-order valence-electron chi connectivity index (χ1n) is 9.64. The fourth-order valence-corrected chi connectivity index (χ4v) is 4.49. The second-order valence-corrected chi connectivity index (χ2v) is 9.63. The van der Waals surface area contributed by atoms with E-state index in [0.717, 1.165) is 19.9 Å². The maximum Gasteiger partial charge on any atom is 0.255 e. The van der Waals surface area contributed by atoms with Crippen molar-refractivity contribution in [1.29, 1.82) is 0 Å². The van der Waals surface area contributed by atoms with E-state index < -0.39 is 15.9 Å². The quantitative estimate of drug-likeness (QED) is 0.346. The molecule has 166 valence electrons. The van der Waals surface area contributed by atoms with E-state index >= 15 is 0 Å². The summed E-state index contributed by atoms with van der Waals surface area (Å²) in [6.45, 7) is -0.340. The molecule has 0 heterocycles. The molecule has 0 aliphatic rings. The number of sulfonamides is 1. The van der Waals surface area contributed by atoms with Crippen LogP contribution in [0.5, 0.6) is 5.75 Å². The number of halogens is 1. The van der Waals surface area contributed by atoms with Gasteiger partial charge in [-0.05, 0) is 59.7 Å². The summed E-state index contributed by atoms with van der Waals surface area (Å²) in [7, 11) is -2.32. The van der Waals surface area contributed by atoms with Gasteiger partial charge in [-0.1, -0.05) is 46.3 Å². The van der Waals surface area contributed by atoms with Gasteiger partial charge in [0.2, 0.25) is 10.0 Å². The minimum Gasteiger partial charge on any atom is -0.497 e. The van der Waals surface area contributed by atoms with Crippen LogP contribution in [-0.4, -0.2) is 38.5 Å². The molecule has 3 aromatic carbocycles. The van der Waals surface area contributed by atoms with Crippen molar-refractivity contribution in [3.05, 3.63) is 94.5 Å². The van der Waals surface area contributed by atoms with E-state index in [1.807, 2.05) is 12.1 Å². The molecule has 0 unspecified atom stereocenters. The predicted molar refractivity (Wildman–Crippen MR) is 127 cm³/mol. The molecule has 0 aliphatic carbocycles. The lowest BCUT2D eigenvalue weighted by Gasteiger charge is -2.21. The van der Waals surface area contributed by atoms with Crippen LogP contribution in [0.4, 0.5) is 0 Å². The number of nitrogens with zero attached hydrogens (tertiary/aromatic N) is 2. The second kappa shape index (κ2) is 11.0. The molecule has 0 saturated heterocycles. The molecule has 0 radical (unpaired) electrons. The molecule has 0 fully saturated rings. The summed E-state index contributed by atoms with van der Waals surface area (Å²) in [6.07, 6.45) is 1.47. The van der Waals surface area contributed by atoms with Crippen molar-refractivity contribution in [2.45, 2.75) is 11.4 Å². The fourth-order valence-electron chi connectivity index (χ4n) is 2.83. The Kier molecular flexibility index (Phi) is 8.15. The van der Waals surface area contributed by atoms with E-state index in [0.29, 0.717) is 5.75 Å². The molecule has 0 aromatic heterocycles. The summed E-state index contributed by atoms with van der Waals surface area (Å²) in [5.74, 6) is 0.160. The zero-order valence-electron chi connectivity index (χ0n) is 17.3. The number of nitrogens with one attached hydrogen (secondary N) is 1. The third-order valence-electron chi connectivity index (χ3n) is 4.49. The van der Waals surface area contributed by atoms with Crippen molar-refractivity contribution < 1.29 is 17.9 Å². The molecule has 3 rings (SSSR count). The maximum absolute atomic E-state index is 13.2. The molecule has 32 heavy (non-hydrogen) atoms. The van der Waals surface area contributed by atoms with E-state index in [9.17, 15) is 13.2 Å². The van der Waals surface area contributed by atoms with E-state index in [-0.39, 0.29) is 18.0 Å². The number of hydrogen-bond donors (Lipinski definition) is 1. The highest BCUT2D eigenvalue weighted by Gasteiger charge is 2.26. The van der Waals surface area contributed by atoms with E-state index in [4.69, 9.17) is 4.74 Å². The zero-order valence-corrected chi connectivity index (χ0v) is 19.7. The second-order valence-electron chi connectivity index (χ2n) is 6.78. The third-order valence-corrected chi connectivity index (χ3v) is 6.83. The van der Waals surface area contributed by atoms with Gasteiger partial charge in [-0.25, -0.2) is 13.8 Å². The lowest BCUT2D eigenvalue weighted by molar-refractivity contribution is -0.121. The van der Waals surface area contributed by atoms with Gasteiger partial charge in [0.05, 0.1) is 24.8 Å².